The molecule has 0 saturated carbocycles. The van der Waals surface area contributed by atoms with E-state index in [2.05, 4.69) is 29.0 Å². The van der Waals surface area contributed by atoms with E-state index in [1.54, 1.807) is 30.3 Å². The van der Waals surface area contributed by atoms with Crippen LogP contribution in [0.1, 0.15) is 31.9 Å². The molecule has 3 aromatic rings. The molecule has 2 aromatic carbocycles. The molecule has 2 N–H and O–H groups in total. The summed E-state index contributed by atoms with van der Waals surface area (Å²) >= 11 is 0. The number of methoxy groups -OCH3 is 1. The molecule has 2 heterocycles. The topological polar surface area (TPSA) is 92.7 Å². The maximum absolute atomic E-state index is 12.9. The number of aromatic nitrogens is 1. The Kier molecular flexibility index (Phi) is 6.17. The average Bonchev–Trinajstić information content (AvgIpc) is 3.31. The van der Waals surface area contributed by atoms with E-state index >= 15 is 0 Å². The maximum atomic E-state index is 12.9. The van der Waals surface area contributed by atoms with Crippen molar-refractivity contribution in [3.63, 3.8) is 0 Å². The number of benzene rings is 2. The Balaban J connectivity index is 1.56. The molecule has 0 unspecified atom stereocenters. The lowest BCUT2D eigenvalue weighted by atomic mass is 10.1. The van der Waals surface area contributed by atoms with Crippen molar-refractivity contribution in [1.29, 1.82) is 0 Å². The minimum atomic E-state index is -0.632. The van der Waals surface area contributed by atoms with Crippen molar-refractivity contribution in [2.75, 3.05) is 19.0 Å². The monoisotopic (exact) mass is 446 g/mol. The van der Waals surface area contributed by atoms with E-state index in [9.17, 15) is 14.4 Å². The fourth-order valence-corrected chi connectivity index (χ4v) is 3.86. The lowest BCUT2D eigenvalue weighted by molar-refractivity contribution is -0.127. The van der Waals surface area contributed by atoms with Gasteiger partial charge in [-0.2, -0.15) is 0 Å². The number of rotatable bonds is 7. The van der Waals surface area contributed by atoms with Gasteiger partial charge in [-0.05, 0) is 37.6 Å². The standard InChI is InChI=1S/C25H26N4O4/c1-4-16(2)28-14-17(18-9-5-7-11-21(18)28)13-20-24(31)29(25(32)27-20)15-23(30)26-19-10-6-8-12-22(19)33-3/h5-14,16H,4,15H2,1-3H3,(H,26,30)(H,27,32)/b20-13+/t16-/m1/s1. The van der Waals surface area contributed by atoms with E-state index in [1.807, 2.05) is 30.5 Å². The summed E-state index contributed by atoms with van der Waals surface area (Å²) in [6, 6.07) is 14.5. The molecule has 0 aliphatic carbocycles. The molecule has 0 bridgehead atoms. The molecular weight excluding hydrogens is 420 g/mol. The first-order valence-electron chi connectivity index (χ1n) is 10.8. The lowest BCUT2D eigenvalue weighted by Gasteiger charge is -2.13. The van der Waals surface area contributed by atoms with Gasteiger partial charge in [0.05, 0.1) is 12.8 Å². The van der Waals surface area contributed by atoms with Crippen LogP contribution >= 0.6 is 0 Å². The van der Waals surface area contributed by atoms with Crippen LogP contribution in [0.2, 0.25) is 0 Å². The SMILES string of the molecule is CC[C@@H](C)n1cc(/C=C2/NC(=O)N(CC(=O)Nc3ccccc3OC)C2=O)c2ccccc21. The van der Waals surface area contributed by atoms with Gasteiger partial charge in [0.2, 0.25) is 5.91 Å². The molecule has 1 aliphatic rings. The summed E-state index contributed by atoms with van der Waals surface area (Å²) in [6.07, 6.45) is 4.61. The first-order chi connectivity index (χ1) is 15.9. The van der Waals surface area contributed by atoms with Gasteiger partial charge in [0.15, 0.2) is 0 Å². The molecule has 1 aromatic heterocycles. The van der Waals surface area contributed by atoms with Gasteiger partial charge in [-0.25, -0.2) is 9.69 Å². The number of anilines is 1. The van der Waals surface area contributed by atoms with Crippen molar-refractivity contribution in [1.82, 2.24) is 14.8 Å². The van der Waals surface area contributed by atoms with Crippen LogP contribution < -0.4 is 15.4 Å². The average molecular weight is 447 g/mol. The van der Waals surface area contributed by atoms with Crippen molar-refractivity contribution >= 4 is 40.5 Å². The van der Waals surface area contributed by atoms with Crippen molar-refractivity contribution in [3.8, 4) is 5.75 Å². The number of nitrogens with zero attached hydrogens (tertiary/aromatic N) is 2. The van der Waals surface area contributed by atoms with E-state index < -0.39 is 24.4 Å². The molecule has 8 heteroatoms. The van der Waals surface area contributed by atoms with Crippen LogP contribution in [0.3, 0.4) is 0 Å². The van der Waals surface area contributed by atoms with Gasteiger partial charge in [-0.15, -0.1) is 0 Å². The van der Waals surface area contributed by atoms with Crippen molar-refractivity contribution in [3.05, 3.63) is 66.0 Å². The van der Waals surface area contributed by atoms with Crippen LogP contribution in [0.5, 0.6) is 5.75 Å². The second kappa shape index (κ2) is 9.20. The van der Waals surface area contributed by atoms with E-state index in [-0.39, 0.29) is 11.7 Å². The first kappa shape index (κ1) is 22.1. The number of hydrogen-bond donors (Lipinski definition) is 2. The van der Waals surface area contributed by atoms with Crippen LogP contribution in [0, 0.1) is 0 Å². The smallest absolute Gasteiger partial charge is 0.329 e. The normalized spacial score (nSPS) is 15.7. The van der Waals surface area contributed by atoms with Gasteiger partial charge < -0.3 is 19.9 Å². The number of carbonyl (C=O) groups excluding carboxylic acids is 3. The zero-order chi connectivity index (χ0) is 23.5. The van der Waals surface area contributed by atoms with Gasteiger partial charge in [-0.1, -0.05) is 37.3 Å². The third kappa shape index (κ3) is 4.32. The summed E-state index contributed by atoms with van der Waals surface area (Å²) in [7, 11) is 1.50. The Morgan fingerprint density at radius 2 is 1.88 bits per heavy atom. The van der Waals surface area contributed by atoms with Gasteiger partial charge in [0, 0.05) is 28.7 Å². The molecule has 170 valence electrons. The molecule has 8 nitrogen and oxygen atoms in total. The molecule has 33 heavy (non-hydrogen) atoms. The number of amides is 4. The highest BCUT2D eigenvalue weighted by Crippen LogP contribution is 2.28. The number of hydrogen-bond acceptors (Lipinski definition) is 4. The van der Waals surface area contributed by atoms with Crippen LogP contribution in [-0.2, 0) is 9.59 Å². The molecule has 0 radical (unpaired) electrons. The fourth-order valence-electron chi connectivity index (χ4n) is 3.86. The third-order valence-electron chi connectivity index (χ3n) is 5.78. The lowest BCUT2D eigenvalue weighted by Crippen LogP contribution is -2.38. The zero-order valence-electron chi connectivity index (χ0n) is 18.8. The van der Waals surface area contributed by atoms with E-state index in [4.69, 9.17) is 4.74 Å². The number of carbonyl (C=O) groups is 3. The molecule has 0 spiro atoms. The zero-order valence-corrected chi connectivity index (χ0v) is 18.8. The first-order valence-corrected chi connectivity index (χ1v) is 10.8. The Labute approximate surface area is 191 Å². The van der Waals surface area contributed by atoms with Crippen LogP contribution in [0.25, 0.3) is 17.0 Å². The second-order valence-corrected chi connectivity index (χ2v) is 7.89. The fraction of sp³-hybridized carbons (Fsp3) is 0.240. The van der Waals surface area contributed by atoms with Gasteiger partial charge in [0.25, 0.3) is 5.91 Å². The molecule has 4 rings (SSSR count). The number of urea groups is 1. The Morgan fingerprint density at radius 1 is 1.15 bits per heavy atom. The predicted octanol–water partition coefficient (Wildman–Crippen LogP) is 4.15. The number of ether oxygens (including phenoxy) is 1. The minimum Gasteiger partial charge on any atom is -0.495 e. The number of imide groups is 1. The van der Waals surface area contributed by atoms with E-state index in [0.717, 1.165) is 27.8 Å². The Bertz CT molecular complexity index is 1260. The Hall–Kier alpha value is -4.07. The predicted molar refractivity (Wildman–Crippen MR) is 127 cm³/mol. The summed E-state index contributed by atoms with van der Waals surface area (Å²) in [4.78, 5) is 38.8. The van der Waals surface area contributed by atoms with Crippen LogP contribution in [0.15, 0.2) is 60.4 Å². The summed E-state index contributed by atoms with van der Waals surface area (Å²) in [5.41, 5.74) is 2.49. The third-order valence-corrected chi connectivity index (χ3v) is 5.78. The van der Waals surface area contributed by atoms with Crippen molar-refractivity contribution < 1.29 is 19.1 Å². The molecule has 1 aliphatic heterocycles. The largest absolute Gasteiger partial charge is 0.495 e. The summed E-state index contributed by atoms with van der Waals surface area (Å²) < 4.78 is 7.39. The minimum absolute atomic E-state index is 0.136. The maximum Gasteiger partial charge on any atom is 0.329 e. The molecule has 4 amide bonds. The second-order valence-electron chi connectivity index (χ2n) is 7.89. The Morgan fingerprint density at radius 3 is 2.64 bits per heavy atom. The molecular formula is C25H26N4O4. The highest BCUT2D eigenvalue weighted by atomic mass is 16.5. The van der Waals surface area contributed by atoms with Gasteiger partial charge >= 0.3 is 6.03 Å². The highest BCUT2D eigenvalue weighted by Gasteiger charge is 2.35. The van der Waals surface area contributed by atoms with Gasteiger partial charge in [-0.3, -0.25) is 9.59 Å². The summed E-state index contributed by atoms with van der Waals surface area (Å²) in [5, 5.41) is 6.26. The van der Waals surface area contributed by atoms with Crippen molar-refractivity contribution in [2.45, 2.75) is 26.3 Å². The number of nitrogens with one attached hydrogen (secondary N) is 2. The summed E-state index contributed by atoms with van der Waals surface area (Å²) in [6.45, 7) is 3.84. The van der Waals surface area contributed by atoms with Crippen molar-refractivity contribution in [2.24, 2.45) is 0 Å². The summed E-state index contributed by atoms with van der Waals surface area (Å²) in [5.74, 6) is -0.561. The number of fused-ring (bicyclic) bond motifs is 1. The van der Waals surface area contributed by atoms with E-state index in [0.29, 0.717) is 11.4 Å². The molecule has 1 atom stereocenters. The van der Waals surface area contributed by atoms with E-state index in [1.165, 1.54) is 7.11 Å². The molecule has 1 saturated heterocycles. The molecule has 1 fully saturated rings. The quantitative estimate of drug-likeness (QED) is 0.421. The van der Waals surface area contributed by atoms with Gasteiger partial charge in [0.1, 0.15) is 18.0 Å². The van der Waals surface area contributed by atoms with Crippen LogP contribution in [-0.4, -0.2) is 41.0 Å². The highest BCUT2D eigenvalue weighted by molar-refractivity contribution is 6.16. The number of para-hydroxylation sites is 3. The van der Waals surface area contributed by atoms with Crippen LogP contribution in [0.4, 0.5) is 10.5 Å².